The predicted molar refractivity (Wildman–Crippen MR) is 77.3 cm³/mol. The van der Waals surface area contributed by atoms with Gasteiger partial charge in [0.1, 0.15) is 11.9 Å². The lowest BCUT2D eigenvalue weighted by molar-refractivity contribution is -0.160. The standard InChI is InChI=1S/C16H20FNO4/c1-2-22-16(21)13-4-3-5-15(20)18(13)14(10-19)11-6-8-12(17)9-7-11/h6-9,13-14,19H,2-5,10H2,1H3/t13-,14+/m1/s1. The minimum Gasteiger partial charge on any atom is -0.464 e. The molecule has 0 bridgehead atoms. The van der Waals surface area contributed by atoms with Crippen molar-refractivity contribution in [1.82, 2.24) is 4.90 Å². The van der Waals surface area contributed by atoms with E-state index in [2.05, 4.69) is 0 Å². The summed E-state index contributed by atoms with van der Waals surface area (Å²) in [6, 6.07) is 4.18. The second-order valence-electron chi connectivity index (χ2n) is 5.21. The molecule has 1 N–H and O–H groups in total. The zero-order chi connectivity index (χ0) is 16.1. The van der Waals surface area contributed by atoms with Gasteiger partial charge in [0.25, 0.3) is 0 Å². The third-order valence-electron chi connectivity index (χ3n) is 3.81. The van der Waals surface area contributed by atoms with E-state index in [4.69, 9.17) is 4.74 Å². The molecule has 2 rings (SSSR count). The van der Waals surface area contributed by atoms with Crippen molar-refractivity contribution in [2.75, 3.05) is 13.2 Å². The fraction of sp³-hybridized carbons (Fsp3) is 0.500. The molecule has 22 heavy (non-hydrogen) atoms. The minimum absolute atomic E-state index is 0.201. The van der Waals surface area contributed by atoms with Crippen LogP contribution in [0.1, 0.15) is 37.8 Å². The van der Waals surface area contributed by atoms with Crippen molar-refractivity contribution in [1.29, 1.82) is 0 Å². The molecule has 1 amide bonds. The summed E-state index contributed by atoms with van der Waals surface area (Å²) in [4.78, 5) is 25.8. The van der Waals surface area contributed by atoms with Gasteiger partial charge in [0.05, 0.1) is 19.3 Å². The van der Waals surface area contributed by atoms with Crippen molar-refractivity contribution in [3.8, 4) is 0 Å². The van der Waals surface area contributed by atoms with Crippen LogP contribution in [-0.4, -0.2) is 41.1 Å². The maximum atomic E-state index is 13.1. The number of piperidine rings is 1. The summed E-state index contributed by atoms with van der Waals surface area (Å²) in [7, 11) is 0. The quantitative estimate of drug-likeness (QED) is 0.842. The molecule has 2 atom stereocenters. The van der Waals surface area contributed by atoms with Crippen LogP contribution in [0.4, 0.5) is 4.39 Å². The van der Waals surface area contributed by atoms with E-state index in [9.17, 15) is 19.1 Å². The van der Waals surface area contributed by atoms with Crippen LogP contribution in [0.15, 0.2) is 24.3 Å². The average Bonchev–Trinajstić information content (AvgIpc) is 2.51. The first-order valence-electron chi connectivity index (χ1n) is 7.42. The van der Waals surface area contributed by atoms with E-state index in [-0.39, 0.29) is 19.1 Å². The van der Waals surface area contributed by atoms with Gasteiger partial charge >= 0.3 is 5.97 Å². The molecule has 0 radical (unpaired) electrons. The number of rotatable bonds is 5. The van der Waals surface area contributed by atoms with Crippen molar-refractivity contribution in [3.63, 3.8) is 0 Å². The molecule has 0 saturated carbocycles. The summed E-state index contributed by atoms with van der Waals surface area (Å²) in [5.41, 5.74) is 0.591. The number of likely N-dealkylation sites (tertiary alicyclic amines) is 1. The number of aliphatic hydroxyl groups excluding tert-OH is 1. The normalized spacial score (nSPS) is 19.9. The van der Waals surface area contributed by atoms with Gasteiger partial charge in [-0.1, -0.05) is 12.1 Å². The lowest BCUT2D eigenvalue weighted by Gasteiger charge is -2.39. The highest BCUT2D eigenvalue weighted by Crippen LogP contribution is 2.30. The number of carbonyl (C=O) groups excluding carboxylic acids is 2. The number of hydrogen-bond donors (Lipinski definition) is 1. The number of hydrogen-bond acceptors (Lipinski definition) is 4. The highest BCUT2D eigenvalue weighted by atomic mass is 19.1. The predicted octanol–water partition coefficient (Wildman–Crippen LogP) is 1.80. The fourth-order valence-electron chi connectivity index (χ4n) is 2.79. The SMILES string of the molecule is CCOC(=O)[C@H]1CCCC(=O)N1[C@@H](CO)c1ccc(F)cc1. The number of carbonyl (C=O) groups is 2. The van der Waals surface area contributed by atoms with Crippen LogP contribution < -0.4 is 0 Å². The number of esters is 1. The number of halogens is 1. The average molecular weight is 309 g/mol. The van der Waals surface area contributed by atoms with Crippen molar-refractivity contribution >= 4 is 11.9 Å². The van der Waals surface area contributed by atoms with E-state index in [0.29, 0.717) is 24.8 Å². The summed E-state index contributed by atoms with van der Waals surface area (Å²) >= 11 is 0. The third kappa shape index (κ3) is 3.44. The van der Waals surface area contributed by atoms with E-state index in [0.717, 1.165) is 0 Å². The van der Waals surface area contributed by atoms with Crippen molar-refractivity contribution < 1.29 is 23.8 Å². The van der Waals surface area contributed by atoms with Gasteiger partial charge in [0.15, 0.2) is 0 Å². The van der Waals surface area contributed by atoms with Gasteiger partial charge in [-0.2, -0.15) is 0 Å². The Labute approximate surface area is 128 Å². The Morgan fingerprint density at radius 3 is 2.73 bits per heavy atom. The summed E-state index contributed by atoms with van der Waals surface area (Å²) in [6.07, 6.45) is 1.44. The van der Waals surface area contributed by atoms with E-state index < -0.39 is 23.9 Å². The smallest absolute Gasteiger partial charge is 0.328 e. The van der Waals surface area contributed by atoms with Crippen molar-refractivity contribution in [3.05, 3.63) is 35.6 Å². The summed E-state index contributed by atoms with van der Waals surface area (Å²) in [6.45, 7) is 1.60. The van der Waals surface area contributed by atoms with Gasteiger partial charge in [0, 0.05) is 6.42 Å². The third-order valence-corrected chi connectivity index (χ3v) is 3.81. The highest BCUT2D eigenvalue weighted by molar-refractivity contribution is 5.86. The molecule has 0 spiro atoms. The molecule has 5 nitrogen and oxygen atoms in total. The van der Waals surface area contributed by atoms with Gasteiger partial charge in [0.2, 0.25) is 5.91 Å². The van der Waals surface area contributed by atoms with Crippen LogP contribution in [0.5, 0.6) is 0 Å². The topological polar surface area (TPSA) is 66.8 Å². The Balaban J connectivity index is 2.31. The Morgan fingerprint density at radius 1 is 1.45 bits per heavy atom. The molecule has 1 fully saturated rings. The first-order valence-corrected chi connectivity index (χ1v) is 7.42. The first kappa shape index (κ1) is 16.4. The van der Waals surface area contributed by atoms with Crippen molar-refractivity contribution in [2.24, 2.45) is 0 Å². The molecule has 0 aliphatic carbocycles. The number of benzene rings is 1. The molecule has 6 heteroatoms. The van der Waals surface area contributed by atoms with Gasteiger partial charge in [-0.3, -0.25) is 4.79 Å². The summed E-state index contributed by atoms with van der Waals surface area (Å²) in [5.74, 6) is -1.06. The molecule has 0 unspecified atom stereocenters. The zero-order valence-corrected chi connectivity index (χ0v) is 12.5. The molecule has 1 aliphatic heterocycles. The van der Waals surface area contributed by atoms with Gasteiger partial charge in [-0.25, -0.2) is 9.18 Å². The van der Waals surface area contributed by atoms with Crippen molar-refractivity contribution in [2.45, 2.75) is 38.3 Å². The largest absolute Gasteiger partial charge is 0.464 e. The van der Waals surface area contributed by atoms with Crippen LogP contribution in [-0.2, 0) is 14.3 Å². The Hall–Kier alpha value is -1.95. The zero-order valence-electron chi connectivity index (χ0n) is 12.5. The van der Waals surface area contributed by atoms with E-state index in [1.54, 1.807) is 6.92 Å². The first-order chi connectivity index (χ1) is 10.6. The van der Waals surface area contributed by atoms with Crippen LogP contribution in [0.2, 0.25) is 0 Å². The van der Waals surface area contributed by atoms with Gasteiger partial charge in [-0.15, -0.1) is 0 Å². The molecule has 1 heterocycles. The monoisotopic (exact) mass is 309 g/mol. The Kier molecular flexibility index (Phi) is 5.49. The molecule has 120 valence electrons. The maximum Gasteiger partial charge on any atom is 0.328 e. The number of aliphatic hydroxyl groups is 1. The minimum atomic E-state index is -0.705. The van der Waals surface area contributed by atoms with Crippen LogP contribution in [0, 0.1) is 5.82 Å². The molecule has 1 aromatic rings. The van der Waals surface area contributed by atoms with Gasteiger partial charge in [-0.05, 0) is 37.5 Å². The van der Waals surface area contributed by atoms with E-state index in [1.165, 1.54) is 29.2 Å². The number of nitrogens with zero attached hydrogens (tertiary/aromatic N) is 1. The molecular weight excluding hydrogens is 289 g/mol. The molecular formula is C16H20FNO4. The molecule has 0 aromatic heterocycles. The second kappa shape index (κ2) is 7.35. The van der Waals surface area contributed by atoms with E-state index >= 15 is 0 Å². The Morgan fingerprint density at radius 2 is 2.14 bits per heavy atom. The fourth-order valence-corrected chi connectivity index (χ4v) is 2.79. The number of amides is 1. The van der Waals surface area contributed by atoms with Crippen LogP contribution in [0.3, 0.4) is 0 Å². The van der Waals surface area contributed by atoms with Gasteiger partial charge < -0.3 is 14.7 Å². The Bertz CT molecular complexity index is 531. The van der Waals surface area contributed by atoms with Crippen LogP contribution in [0.25, 0.3) is 0 Å². The van der Waals surface area contributed by atoms with E-state index in [1.807, 2.05) is 0 Å². The lowest BCUT2D eigenvalue weighted by atomic mass is 9.96. The number of ether oxygens (including phenoxy) is 1. The summed E-state index contributed by atoms with van der Waals surface area (Å²) in [5, 5.41) is 9.71. The van der Waals surface area contributed by atoms with Crippen LogP contribution >= 0.6 is 0 Å². The molecule has 1 saturated heterocycles. The molecule has 1 aliphatic rings. The molecule has 1 aromatic carbocycles. The second-order valence-corrected chi connectivity index (χ2v) is 5.21. The highest BCUT2D eigenvalue weighted by Gasteiger charge is 2.38. The lowest BCUT2D eigenvalue weighted by Crippen LogP contribution is -2.51. The summed E-state index contributed by atoms with van der Waals surface area (Å²) < 4.78 is 18.1. The maximum absolute atomic E-state index is 13.1.